The smallest absolute Gasteiger partial charge is 0.306 e. The first-order chi connectivity index (χ1) is 6.16. The second-order valence-corrected chi connectivity index (χ2v) is 4.98. The summed E-state index contributed by atoms with van der Waals surface area (Å²) in [7, 11) is 0. The maximum atomic E-state index is 11.6. The third-order valence-electron chi connectivity index (χ3n) is 2.59. The predicted molar refractivity (Wildman–Crippen MR) is 55.0 cm³/mol. The number of hydrogen-bond acceptors (Lipinski definition) is 2. The molecule has 0 radical (unpaired) electrons. The first-order valence-corrected chi connectivity index (χ1v) is 4.92. The van der Waals surface area contributed by atoms with Crippen molar-refractivity contribution >= 4 is 11.8 Å². The zero-order chi connectivity index (χ0) is 11.5. The van der Waals surface area contributed by atoms with Gasteiger partial charge in [0.15, 0.2) is 0 Å². The van der Waals surface area contributed by atoms with Crippen molar-refractivity contribution in [2.45, 2.75) is 41.0 Å². The minimum Gasteiger partial charge on any atom is -0.481 e. The van der Waals surface area contributed by atoms with Crippen LogP contribution in [0.25, 0.3) is 0 Å². The lowest BCUT2D eigenvalue weighted by Crippen LogP contribution is -2.26. The van der Waals surface area contributed by atoms with Crippen LogP contribution < -0.4 is 0 Å². The van der Waals surface area contributed by atoms with Crippen molar-refractivity contribution in [3.63, 3.8) is 0 Å². The number of rotatable bonds is 4. The summed E-state index contributed by atoms with van der Waals surface area (Å²) in [4.78, 5) is 22.3. The Morgan fingerprint density at radius 2 is 1.64 bits per heavy atom. The lowest BCUT2D eigenvalue weighted by atomic mass is 9.82. The van der Waals surface area contributed by atoms with Crippen molar-refractivity contribution in [1.82, 2.24) is 0 Å². The highest BCUT2D eigenvalue weighted by Crippen LogP contribution is 2.23. The number of aliphatic carboxylic acids is 1. The third kappa shape index (κ3) is 3.90. The molecule has 0 saturated heterocycles. The van der Waals surface area contributed by atoms with Crippen LogP contribution >= 0.6 is 0 Å². The van der Waals surface area contributed by atoms with E-state index in [1.807, 2.05) is 27.7 Å². The van der Waals surface area contributed by atoms with Gasteiger partial charge in [0.25, 0.3) is 0 Å². The monoisotopic (exact) mass is 200 g/mol. The molecule has 0 saturated carbocycles. The molecule has 3 nitrogen and oxygen atoms in total. The highest BCUT2D eigenvalue weighted by atomic mass is 16.4. The van der Waals surface area contributed by atoms with E-state index >= 15 is 0 Å². The molecule has 0 aliphatic carbocycles. The topological polar surface area (TPSA) is 54.4 Å². The van der Waals surface area contributed by atoms with E-state index in [2.05, 4.69) is 0 Å². The number of carboxylic acid groups (broad SMARTS) is 1. The molecule has 82 valence electrons. The second-order valence-electron chi connectivity index (χ2n) is 4.98. The first kappa shape index (κ1) is 13.1. The fraction of sp³-hybridized carbons (Fsp3) is 0.818. The van der Waals surface area contributed by atoms with Crippen molar-refractivity contribution in [2.24, 2.45) is 17.3 Å². The molecule has 2 unspecified atom stereocenters. The zero-order valence-electron chi connectivity index (χ0n) is 9.63. The van der Waals surface area contributed by atoms with E-state index in [4.69, 9.17) is 5.11 Å². The molecule has 0 heterocycles. The quantitative estimate of drug-likeness (QED) is 0.757. The molecule has 0 aromatic carbocycles. The lowest BCUT2D eigenvalue weighted by molar-refractivity contribution is -0.143. The predicted octanol–water partition coefficient (Wildman–Crippen LogP) is 2.35. The Balaban J connectivity index is 4.27. The Kier molecular flexibility index (Phi) is 4.30. The molecule has 0 bridgehead atoms. The average Bonchev–Trinajstić information content (AvgIpc) is 2.00. The van der Waals surface area contributed by atoms with Gasteiger partial charge in [0.2, 0.25) is 0 Å². The molecule has 3 heteroatoms. The molecule has 0 aliphatic heterocycles. The summed E-state index contributed by atoms with van der Waals surface area (Å²) >= 11 is 0. The van der Waals surface area contributed by atoms with Crippen molar-refractivity contribution < 1.29 is 14.7 Å². The van der Waals surface area contributed by atoms with E-state index in [9.17, 15) is 9.59 Å². The van der Waals surface area contributed by atoms with E-state index < -0.39 is 11.9 Å². The standard InChI is InChI=1S/C11H20O3/c1-7(8(2)10(13)14)6-9(12)11(3,4)5/h7-8H,6H2,1-5H3,(H,13,14). The molecule has 0 aliphatic rings. The van der Waals surface area contributed by atoms with Gasteiger partial charge in [-0.1, -0.05) is 34.6 Å². The summed E-state index contributed by atoms with van der Waals surface area (Å²) in [6.45, 7) is 9.01. The fourth-order valence-electron chi connectivity index (χ4n) is 1.02. The molecule has 0 aromatic heterocycles. The molecule has 1 N–H and O–H groups in total. The van der Waals surface area contributed by atoms with Gasteiger partial charge in [-0.05, 0) is 5.92 Å². The number of carbonyl (C=O) groups excluding carboxylic acids is 1. The van der Waals surface area contributed by atoms with E-state index in [0.717, 1.165) is 0 Å². The fourth-order valence-corrected chi connectivity index (χ4v) is 1.02. The molecule has 2 atom stereocenters. The van der Waals surface area contributed by atoms with Crippen molar-refractivity contribution in [3.05, 3.63) is 0 Å². The number of Topliss-reactive ketones (excluding diaryl/α,β-unsaturated/α-hetero) is 1. The highest BCUT2D eigenvalue weighted by Gasteiger charge is 2.27. The van der Waals surface area contributed by atoms with Crippen molar-refractivity contribution in [1.29, 1.82) is 0 Å². The van der Waals surface area contributed by atoms with Crippen LogP contribution in [-0.2, 0) is 9.59 Å². The lowest BCUT2D eigenvalue weighted by Gasteiger charge is -2.21. The molecule has 14 heavy (non-hydrogen) atoms. The summed E-state index contributed by atoms with van der Waals surface area (Å²) < 4.78 is 0. The Labute approximate surface area is 85.5 Å². The van der Waals surface area contributed by atoms with Crippen LogP contribution in [0.2, 0.25) is 0 Å². The maximum absolute atomic E-state index is 11.6. The number of hydrogen-bond donors (Lipinski definition) is 1. The van der Waals surface area contributed by atoms with E-state index in [0.29, 0.717) is 6.42 Å². The summed E-state index contributed by atoms with van der Waals surface area (Å²) in [5.41, 5.74) is -0.369. The van der Waals surface area contributed by atoms with Crippen LogP contribution in [0, 0.1) is 17.3 Å². The maximum Gasteiger partial charge on any atom is 0.306 e. The minimum absolute atomic E-state index is 0.0979. The Bertz CT molecular complexity index is 225. The van der Waals surface area contributed by atoms with Gasteiger partial charge in [-0.3, -0.25) is 9.59 Å². The van der Waals surface area contributed by atoms with Crippen LogP contribution in [-0.4, -0.2) is 16.9 Å². The largest absolute Gasteiger partial charge is 0.481 e. The van der Waals surface area contributed by atoms with Crippen molar-refractivity contribution in [2.75, 3.05) is 0 Å². The highest BCUT2D eigenvalue weighted by molar-refractivity contribution is 5.84. The summed E-state index contributed by atoms with van der Waals surface area (Å²) in [6.07, 6.45) is 0.344. The van der Waals surface area contributed by atoms with E-state index in [1.165, 1.54) is 0 Å². The molecule has 0 spiro atoms. The zero-order valence-corrected chi connectivity index (χ0v) is 9.63. The number of ketones is 1. The van der Waals surface area contributed by atoms with Gasteiger partial charge in [-0.15, -0.1) is 0 Å². The van der Waals surface area contributed by atoms with Crippen LogP contribution in [0.1, 0.15) is 41.0 Å². The Morgan fingerprint density at radius 3 is 1.93 bits per heavy atom. The first-order valence-electron chi connectivity index (χ1n) is 4.92. The molecule has 0 fully saturated rings. The molecular formula is C11H20O3. The van der Waals surface area contributed by atoms with Gasteiger partial charge in [0.05, 0.1) is 5.92 Å². The minimum atomic E-state index is -0.834. The van der Waals surface area contributed by atoms with Gasteiger partial charge in [0.1, 0.15) is 5.78 Å². The van der Waals surface area contributed by atoms with Gasteiger partial charge >= 0.3 is 5.97 Å². The van der Waals surface area contributed by atoms with Crippen LogP contribution in [0.3, 0.4) is 0 Å². The SMILES string of the molecule is CC(CC(=O)C(C)(C)C)C(C)C(=O)O. The van der Waals surface area contributed by atoms with Gasteiger partial charge in [-0.2, -0.15) is 0 Å². The Morgan fingerprint density at radius 1 is 1.21 bits per heavy atom. The molecular weight excluding hydrogens is 180 g/mol. The summed E-state index contributed by atoms with van der Waals surface area (Å²) in [5, 5.41) is 8.76. The van der Waals surface area contributed by atoms with Crippen LogP contribution in [0.15, 0.2) is 0 Å². The van der Waals surface area contributed by atoms with Crippen molar-refractivity contribution in [3.8, 4) is 0 Å². The van der Waals surface area contributed by atoms with Gasteiger partial charge in [0, 0.05) is 11.8 Å². The number of carbonyl (C=O) groups is 2. The summed E-state index contributed by atoms with van der Waals surface area (Å²) in [6, 6.07) is 0. The third-order valence-corrected chi connectivity index (χ3v) is 2.59. The van der Waals surface area contributed by atoms with E-state index in [1.54, 1.807) is 6.92 Å². The number of carboxylic acids is 1. The second kappa shape index (κ2) is 4.58. The Hall–Kier alpha value is -0.860. The summed E-state index contributed by atoms with van der Waals surface area (Å²) in [5.74, 6) is -1.27. The van der Waals surface area contributed by atoms with Crippen LogP contribution in [0.4, 0.5) is 0 Å². The normalized spacial score (nSPS) is 16.1. The van der Waals surface area contributed by atoms with E-state index in [-0.39, 0.29) is 17.1 Å². The van der Waals surface area contributed by atoms with Crippen LogP contribution in [0.5, 0.6) is 0 Å². The van der Waals surface area contributed by atoms with Gasteiger partial charge in [-0.25, -0.2) is 0 Å². The molecule has 0 aromatic rings. The molecule has 0 amide bonds. The van der Waals surface area contributed by atoms with Gasteiger partial charge < -0.3 is 5.11 Å². The average molecular weight is 200 g/mol. The molecule has 0 rings (SSSR count).